The molecule has 1 heterocycles. The third-order valence-corrected chi connectivity index (χ3v) is 2.24. The van der Waals surface area contributed by atoms with E-state index in [1.165, 1.54) is 6.07 Å². The largest absolute Gasteiger partial charge is 0.361 e. The van der Waals surface area contributed by atoms with Crippen LogP contribution in [0.4, 0.5) is 5.69 Å². The van der Waals surface area contributed by atoms with E-state index in [2.05, 4.69) is 4.98 Å². The van der Waals surface area contributed by atoms with Crippen molar-refractivity contribution in [3.05, 3.63) is 39.5 Å². The summed E-state index contributed by atoms with van der Waals surface area (Å²) in [5.74, 6) is 0. The van der Waals surface area contributed by atoms with Gasteiger partial charge in [-0.05, 0) is 12.1 Å². The lowest BCUT2D eigenvalue weighted by Crippen LogP contribution is -1.88. The summed E-state index contributed by atoms with van der Waals surface area (Å²) < 4.78 is 0. The van der Waals surface area contributed by atoms with Crippen LogP contribution < -0.4 is 0 Å². The minimum Gasteiger partial charge on any atom is -0.361 e. The Labute approximate surface area is 78.3 Å². The summed E-state index contributed by atoms with van der Waals surface area (Å²) >= 11 is 5.82. The number of aromatic amines is 1. The van der Waals surface area contributed by atoms with Crippen molar-refractivity contribution in [1.82, 2.24) is 4.98 Å². The molecule has 5 heteroatoms. The highest BCUT2D eigenvalue weighted by Gasteiger charge is 2.14. The second kappa shape index (κ2) is 2.74. The van der Waals surface area contributed by atoms with Gasteiger partial charge in [-0.1, -0.05) is 11.6 Å². The molecule has 13 heavy (non-hydrogen) atoms. The molecule has 0 amide bonds. The molecular formula is C8H5ClN2O2. The van der Waals surface area contributed by atoms with E-state index in [4.69, 9.17) is 11.6 Å². The Morgan fingerprint density at radius 3 is 2.85 bits per heavy atom. The number of rotatable bonds is 1. The van der Waals surface area contributed by atoms with Gasteiger partial charge in [0, 0.05) is 23.2 Å². The first-order valence-electron chi connectivity index (χ1n) is 3.60. The van der Waals surface area contributed by atoms with Gasteiger partial charge in [0.1, 0.15) is 5.02 Å². The molecule has 0 bridgehead atoms. The van der Waals surface area contributed by atoms with E-state index in [1.807, 2.05) is 0 Å². The second-order valence-corrected chi connectivity index (χ2v) is 2.97. The lowest BCUT2D eigenvalue weighted by Gasteiger charge is -1.95. The van der Waals surface area contributed by atoms with Crippen molar-refractivity contribution < 1.29 is 4.92 Å². The first-order valence-corrected chi connectivity index (χ1v) is 3.98. The molecule has 0 aliphatic carbocycles. The number of hydrogen-bond acceptors (Lipinski definition) is 2. The van der Waals surface area contributed by atoms with Gasteiger partial charge in [-0.3, -0.25) is 10.1 Å². The molecule has 0 saturated heterocycles. The Kier molecular flexibility index (Phi) is 1.70. The third-order valence-electron chi connectivity index (χ3n) is 1.84. The number of halogens is 1. The van der Waals surface area contributed by atoms with Crippen LogP contribution in [0, 0.1) is 10.1 Å². The molecule has 2 rings (SSSR count). The van der Waals surface area contributed by atoms with E-state index in [-0.39, 0.29) is 10.7 Å². The normalized spacial score (nSPS) is 10.5. The molecule has 4 nitrogen and oxygen atoms in total. The van der Waals surface area contributed by atoms with Crippen molar-refractivity contribution in [3.8, 4) is 0 Å². The van der Waals surface area contributed by atoms with Crippen LogP contribution >= 0.6 is 11.6 Å². The van der Waals surface area contributed by atoms with Crippen molar-refractivity contribution in [3.63, 3.8) is 0 Å². The smallest absolute Gasteiger partial charge is 0.288 e. The summed E-state index contributed by atoms with van der Waals surface area (Å²) in [5.41, 5.74) is 0.740. The SMILES string of the molecule is O=[N+]([O-])c1ccc2[nH]ccc2c1Cl. The molecule has 0 unspecified atom stereocenters. The van der Waals surface area contributed by atoms with Crippen LogP contribution in [0.2, 0.25) is 5.02 Å². The van der Waals surface area contributed by atoms with Crippen molar-refractivity contribution in [2.75, 3.05) is 0 Å². The van der Waals surface area contributed by atoms with Gasteiger partial charge in [-0.25, -0.2) is 0 Å². The quantitative estimate of drug-likeness (QED) is 0.563. The van der Waals surface area contributed by atoms with Crippen LogP contribution in [-0.4, -0.2) is 9.91 Å². The van der Waals surface area contributed by atoms with Crippen LogP contribution in [0.1, 0.15) is 0 Å². The monoisotopic (exact) mass is 196 g/mol. The van der Waals surface area contributed by atoms with Crippen LogP contribution in [0.3, 0.4) is 0 Å². The molecular weight excluding hydrogens is 192 g/mol. The van der Waals surface area contributed by atoms with Crippen LogP contribution in [0.15, 0.2) is 24.4 Å². The fourth-order valence-corrected chi connectivity index (χ4v) is 1.52. The fraction of sp³-hybridized carbons (Fsp3) is 0. The summed E-state index contributed by atoms with van der Waals surface area (Å²) in [6.07, 6.45) is 1.69. The highest BCUT2D eigenvalue weighted by molar-refractivity contribution is 6.37. The van der Waals surface area contributed by atoms with Gasteiger partial charge in [-0.15, -0.1) is 0 Å². The minimum atomic E-state index is -0.491. The first-order chi connectivity index (χ1) is 6.20. The van der Waals surface area contributed by atoms with E-state index in [9.17, 15) is 10.1 Å². The van der Waals surface area contributed by atoms with Gasteiger partial charge < -0.3 is 4.98 Å². The van der Waals surface area contributed by atoms with E-state index in [0.29, 0.717) is 5.39 Å². The summed E-state index contributed by atoms with van der Waals surface area (Å²) in [4.78, 5) is 12.9. The van der Waals surface area contributed by atoms with E-state index < -0.39 is 4.92 Å². The number of H-pyrrole nitrogens is 1. The number of nitrogens with zero attached hydrogens (tertiary/aromatic N) is 1. The number of benzene rings is 1. The molecule has 66 valence electrons. The molecule has 0 radical (unpaired) electrons. The number of nitrogens with one attached hydrogen (secondary N) is 1. The standard InChI is InChI=1S/C8H5ClN2O2/c9-8-5-3-4-10-6(5)1-2-7(8)11(12)13/h1-4,10H. The van der Waals surface area contributed by atoms with Gasteiger partial charge >= 0.3 is 0 Å². The van der Waals surface area contributed by atoms with E-state index in [0.717, 1.165) is 5.52 Å². The van der Waals surface area contributed by atoms with E-state index >= 15 is 0 Å². The highest BCUT2D eigenvalue weighted by Crippen LogP contribution is 2.31. The zero-order valence-electron chi connectivity index (χ0n) is 6.45. The topological polar surface area (TPSA) is 58.9 Å². The summed E-state index contributed by atoms with van der Waals surface area (Å²) in [7, 11) is 0. The molecule has 2 aromatic rings. The average molecular weight is 197 g/mol. The summed E-state index contributed by atoms with van der Waals surface area (Å²) in [6, 6.07) is 4.74. The molecule has 0 atom stereocenters. The molecule has 1 N–H and O–H groups in total. The lowest BCUT2D eigenvalue weighted by molar-refractivity contribution is -0.384. The zero-order valence-corrected chi connectivity index (χ0v) is 7.21. The Balaban J connectivity index is 2.80. The van der Waals surface area contributed by atoms with Gasteiger partial charge in [0.05, 0.1) is 4.92 Å². The number of aromatic nitrogens is 1. The van der Waals surface area contributed by atoms with Crippen LogP contribution in [-0.2, 0) is 0 Å². The zero-order chi connectivity index (χ0) is 9.42. The molecule has 0 saturated carbocycles. The van der Waals surface area contributed by atoms with Gasteiger partial charge in [0.15, 0.2) is 0 Å². The Bertz CT molecular complexity index is 478. The number of nitro benzene ring substituents is 1. The second-order valence-electron chi connectivity index (χ2n) is 2.59. The maximum atomic E-state index is 10.5. The fourth-order valence-electron chi connectivity index (χ4n) is 1.23. The van der Waals surface area contributed by atoms with Crippen molar-refractivity contribution >= 4 is 28.2 Å². The van der Waals surface area contributed by atoms with Crippen LogP contribution in [0.5, 0.6) is 0 Å². The highest BCUT2D eigenvalue weighted by atomic mass is 35.5. The molecule has 1 aromatic carbocycles. The number of hydrogen-bond donors (Lipinski definition) is 1. The first kappa shape index (κ1) is 8.07. The molecule has 0 fully saturated rings. The van der Waals surface area contributed by atoms with Crippen LogP contribution in [0.25, 0.3) is 10.9 Å². The third kappa shape index (κ3) is 1.15. The number of fused-ring (bicyclic) bond motifs is 1. The predicted molar refractivity (Wildman–Crippen MR) is 50.0 cm³/mol. The maximum Gasteiger partial charge on any atom is 0.288 e. The average Bonchev–Trinajstić information content (AvgIpc) is 2.52. The molecule has 0 aliphatic heterocycles. The van der Waals surface area contributed by atoms with Gasteiger partial charge in [0.25, 0.3) is 5.69 Å². The van der Waals surface area contributed by atoms with Crippen molar-refractivity contribution in [2.24, 2.45) is 0 Å². The van der Waals surface area contributed by atoms with Gasteiger partial charge in [-0.2, -0.15) is 0 Å². The predicted octanol–water partition coefficient (Wildman–Crippen LogP) is 2.73. The minimum absolute atomic E-state index is 0.0613. The Morgan fingerprint density at radius 1 is 1.38 bits per heavy atom. The van der Waals surface area contributed by atoms with Crippen molar-refractivity contribution in [1.29, 1.82) is 0 Å². The van der Waals surface area contributed by atoms with E-state index in [1.54, 1.807) is 18.3 Å². The molecule has 1 aromatic heterocycles. The molecule has 0 spiro atoms. The summed E-state index contributed by atoms with van der Waals surface area (Å²) in [5, 5.41) is 11.4. The molecule has 0 aliphatic rings. The van der Waals surface area contributed by atoms with Gasteiger partial charge in [0.2, 0.25) is 0 Å². The lowest BCUT2D eigenvalue weighted by atomic mass is 10.2. The summed E-state index contributed by atoms with van der Waals surface area (Å²) in [6.45, 7) is 0. The number of nitro groups is 1. The van der Waals surface area contributed by atoms with Crippen molar-refractivity contribution in [2.45, 2.75) is 0 Å². The maximum absolute atomic E-state index is 10.5. The Morgan fingerprint density at radius 2 is 2.15 bits per heavy atom. The Hall–Kier alpha value is -1.55.